The van der Waals surface area contributed by atoms with Gasteiger partial charge in [-0.1, -0.05) is 13.3 Å². The van der Waals surface area contributed by atoms with Crippen molar-refractivity contribution >= 4 is 10.0 Å². The summed E-state index contributed by atoms with van der Waals surface area (Å²) in [5.41, 5.74) is 1.15. The van der Waals surface area contributed by atoms with E-state index in [4.69, 9.17) is 4.42 Å². The first-order chi connectivity index (χ1) is 9.41. The third-order valence-corrected chi connectivity index (χ3v) is 5.45. The SMILES string of the molecule is CC[C@H]1CN(S(C)(=O)=O)CC[C@@H]1NCc1occc1C. The van der Waals surface area contributed by atoms with E-state index in [1.807, 2.05) is 13.0 Å². The van der Waals surface area contributed by atoms with Crippen molar-refractivity contribution < 1.29 is 12.8 Å². The Morgan fingerprint density at radius 2 is 2.25 bits per heavy atom. The predicted octanol–water partition coefficient (Wildman–Crippen LogP) is 1.74. The largest absolute Gasteiger partial charge is 0.468 e. The first-order valence-electron chi connectivity index (χ1n) is 7.13. The highest BCUT2D eigenvalue weighted by molar-refractivity contribution is 7.88. The molecule has 1 N–H and O–H groups in total. The molecule has 0 aromatic carbocycles. The molecule has 114 valence electrons. The Hall–Kier alpha value is -0.850. The summed E-state index contributed by atoms with van der Waals surface area (Å²) in [6.45, 7) is 6.07. The molecule has 0 unspecified atom stereocenters. The minimum Gasteiger partial charge on any atom is -0.468 e. The highest BCUT2D eigenvalue weighted by atomic mass is 32.2. The molecule has 1 aromatic heterocycles. The van der Waals surface area contributed by atoms with Gasteiger partial charge >= 0.3 is 0 Å². The van der Waals surface area contributed by atoms with Gasteiger partial charge in [0.1, 0.15) is 5.76 Å². The third kappa shape index (κ3) is 3.62. The lowest BCUT2D eigenvalue weighted by molar-refractivity contribution is 0.199. The van der Waals surface area contributed by atoms with Gasteiger partial charge in [-0.3, -0.25) is 0 Å². The van der Waals surface area contributed by atoms with Crippen LogP contribution in [0.1, 0.15) is 31.1 Å². The van der Waals surface area contributed by atoms with Gasteiger partial charge in [-0.2, -0.15) is 0 Å². The molecule has 2 rings (SSSR count). The van der Waals surface area contributed by atoms with Crippen molar-refractivity contribution in [1.29, 1.82) is 0 Å². The molecule has 1 saturated heterocycles. The molecule has 0 spiro atoms. The molecular weight excluding hydrogens is 276 g/mol. The van der Waals surface area contributed by atoms with Crippen molar-refractivity contribution in [1.82, 2.24) is 9.62 Å². The normalized spacial score (nSPS) is 24.9. The van der Waals surface area contributed by atoms with Gasteiger partial charge in [-0.05, 0) is 30.9 Å². The van der Waals surface area contributed by atoms with E-state index in [0.29, 0.717) is 31.6 Å². The van der Waals surface area contributed by atoms with Gasteiger partial charge in [-0.25, -0.2) is 12.7 Å². The fraction of sp³-hybridized carbons (Fsp3) is 0.714. The molecule has 0 amide bonds. The number of hydrogen-bond donors (Lipinski definition) is 1. The highest BCUT2D eigenvalue weighted by Gasteiger charge is 2.31. The summed E-state index contributed by atoms with van der Waals surface area (Å²) in [7, 11) is -3.07. The summed E-state index contributed by atoms with van der Waals surface area (Å²) in [5.74, 6) is 1.32. The van der Waals surface area contributed by atoms with E-state index in [1.54, 1.807) is 10.6 Å². The second-order valence-corrected chi connectivity index (χ2v) is 7.57. The number of rotatable bonds is 5. The quantitative estimate of drug-likeness (QED) is 0.899. The summed E-state index contributed by atoms with van der Waals surface area (Å²) in [6, 6.07) is 2.31. The van der Waals surface area contributed by atoms with E-state index in [1.165, 1.54) is 6.26 Å². The van der Waals surface area contributed by atoms with Crippen molar-refractivity contribution in [3.8, 4) is 0 Å². The lowest BCUT2D eigenvalue weighted by atomic mass is 9.91. The fourth-order valence-electron chi connectivity index (χ4n) is 2.79. The molecule has 2 atom stereocenters. The number of piperidine rings is 1. The van der Waals surface area contributed by atoms with E-state index in [0.717, 1.165) is 24.2 Å². The molecule has 0 bridgehead atoms. The molecule has 5 nitrogen and oxygen atoms in total. The third-order valence-electron chi connectivity index (χ3n) is 4.18. The van der Waals surface area contributed by atoms with Gasteiger partial charge in [-0.15, -0.1) is 0 Å². The number of hydrogen-bond acceptors (Lipinski definition) is 4. The molecule has 1 fully saturated rings. The van der Waals surface area contributed by atoms with Crippen LogP contribution in [0.15, 0.2) is 16.7 Å². The number of nitrogens with one attached hydrogen (secondary N) is 1. The van der Waals surface area contributed by atoms with Crippen LogP contribution in [0, 0.1) is 12.8 Å². The van der Waals surface area contributed by atoms with Gasteiger partial charge in [0, 0.05) is 19.1 Å². The summed E-state index contributed by atoms with van der Waals surface area (Å²) in [4.78, 5) is 0. The number of sulfonamides is 1. The van der Waals surface area contributed by atoms with Crippen LogP contribution in [0.3, 0.4) is 0 Å². The number of furan rings is 1. The molecule has 2 heterocycles. The van der Waals surface area contributed by atoms with E-state index >= 15 is 0 Å². The summed E-state index contributed by atoms with van der Waals surface area (Å²) < 4.78 is 30.3. The number of nitrogens with zero attached hydrogens (tertiary/aromatic N) is 1. The van der Waals surface area contributed by atoms with E-state index in [9.17, 15) is 8.42 Å². The van der Waals surface area contributed by atoms with Crippen LogP contribution in [0.5, 0.6) is 0 Å². The summed E-state index contributed by atoms with van der Waals surface area (Å²) >= 11 is 0. The van der Waals surface area contributed by atoms with Gasteiger partial charge in [0.15, 0.2) is 0 Å². The Morgan fingerprint density at radius 1 is 1.50 bits per heavy atom. The van der Waals surface area contributed by atoms with Gasteiger partial charge in [0.05, 0.1) is 19.1 Å². The van der Waals surface area contributed by atoms with Crippen LogP contribution < -0.4 is 5.32 Å². The first kappa shape index (κ1) is 15.5. The minimum absolute atomic E-state index is 0.350. The minimum atomic E-state index is -3.07. The molecule has 0 radical (unpaired) electrons. The Balaban J connectivity index is 1.94. The summed E-state index contributed by atoms with van der Waals surface area (Å²) in [5, 5.41) is 3.52. The second kappa shape index (κ2) is 6.28. The van der Waals surface area contributed by atoms with Gasteiger partial charge in [0.25, 0.3) is 0 Å². The van der Waals surface area contributed by atoms with E-state index in [2.05, 4.69) is 12.2 Å². The van der Waals surface area contributed by atoms with Crippen LogP contribution in [0.4, 0.5) is 0 Å². The zero-order chi connectivity index (χ0) is 14.8. The Morgan fingerprint density at radius 3 is 2.80 bits per heavy atom. The lowest BCUT2D eigenvalue weighted by Crippen LogP contribution is -2.50. The molecule has 1 aromatic rings. The Labute approximate surface area is 121 Å². The van der Waals surface area contributed by atoms with Crippen molar-refractivity contribution in [2.24, 2.45) is 5.92 Å². The maximum atomic E-state index is 11.6. The van der Waals surface area contributed by atoms with Crippen molar-refractivity contribution in [3.05, 3.63) is 23.7 Å². The van der Waals surface area contributed by atoms with Gasteiger partial charge < -0.3 is 9.73 Å². The maximum absolute atomic E-state index is 11.6. The number of aryl methyl sites for hydroxylation is 1. The van der Waals surface area contributed by atoms with Crippen LogP contribution in [0.2, 0.25) is 0 Å². The lowest BCUT2D eigenvalue weighted by Gasteiger charge is -2.37. The van der Waals surface area contributed by atoms with E-state index < -0.39 is 10.0 Å². The highest BCUT2D eigenvalue weighted by Crippen LogP contribution is 2.22. The van der Waals surface area contributed by atoms with Crippen LogP contribution in [-0.4, -0.2) is 38.1 Å². The first-order valence-corrected chi connectivity index (χ1v) is 8.98. The maximum Gasteiger partial charge on any atom is 0.211 e. The topological polar surface area (TPSA) is 62.6 Å². The average molecular weight is 300 g/mol. The van der Waals surface area contributed by atoms with Crippen LogP contribution in [-0.2, 0) is 16.6 Å². The molecule has 1 aliphatic rings. The standard InChI is InChI=1S/C14H24N2O3S/c1-4-12-10-16(20(3,17)18)7-5-13(12)15-9-14-11(2)6-8-19-14/h6,8,12-13,15H,4-5,7,9-10H2,1-3H3/t12-,13-/m0/s1. The molecule has 1 aliphatic heterocycles. The fourth-order valence-corrected chi connectivity index (χ4v) is 3.69. The van der Waals surface area contributed by atoms with Crippen LogP contribution >= 0.6 is 0 Å². The van der Waals surface area contributed by atoms with Crippen molar-refractivity contribution in [3.63, 3.8) is 0 Å². The van der Waals surface area contributed by atoms with Gasteiger partial charge in [0.2, 0.25) is 10.0 Å². The molecule has 6 heteroatoms. The predicted molar refractivity (Wildman–Crippen MR) is 78.9 cm³/mol. The molecule has 20 heavy (non-hydrogen) atoms. The molecule has 0 saturated carbocycles. The average Bonchev–Trinajstić information content (AvgIpc) is 2.80. The van der Waals surface area contributed by atoms with Crippen molar-refractivity contribution in [2.75, 3.05) is 19.3 Å². The van der Waals surface area contributed by atoms with Crippen LogP contribution in [0.25, 0.3) is 0 Å². The van der Waals surface area contributed by atoms with E-state index in [-0.39, 0.29) is 0 Å². The van der Waals surface area contributed by atoms with Crippen molar-refractivity contribution in [2.45, 2.75) is 39.3 Å². The second-order valence-electron chi connectivity index (χ2n) is 5.59. The molecular formula is C14H24N2O3S. The Kier molecular flexibility index (Phi) is 4.88. The summed E-state index contributed by atoms with van der Waals surface area (Å²) in [6.07, 6.45) is 4.82. The Bertz CT molecular complexity index is 538. The monoisotopic (exact) mass is 300 g/mol. The molecule has 0 aliphatic carbocycles. The zero-order valence-electron chi connectivity index (χ0n) is 12.4. The smallest absolute Gasteiger partial charge is 0.211 e. The zero-order valence-corrected chi connectivity index (χ0v) is 13.2.